The normalized spacial score (nSPS) is 10.9. The van der Waals surface area contributed by atoms with Crippen molar-refractivity contribution in [1.82, 2.24) is 5.43 Å². The van der Waals surface area contributed by atoms with Gasteiger partial charge in [0.1, 0.15) is 12.2 Å². The highest BCUT2D eigenvalue weighted by molar-refractivity contribution is 6.05. The fraction of sp³-hybridized carbons (Fsp3) is 0.0952. The van der Waals surface area contributed by atoms with Gasteiger partial charge in [-0.15, -0.1) is 0 Å². The fourth-order valence-electron chi connectivity index (χ4n) is 2.68. The number of hydrogen-bond donors (Lipinski definition) is 3. The van der Waals surface area contributed by atoms with Crippen LogP contribution in [0.1, 0.15) is 17.5 Å². The number of hydrogen-bond acceptors (Lipinski definition) is 4. The minimum Gasteiger partial charge on any atom is -0.507 e. The Morgan fingerprint density at radius 1 is 1.00 bits per heavy atom. The smallest absolute Gasteiger partial charge is 0.249 e. The summed E-state index contributed by atoms with van der Waals surface area (Å²) in [5, 5.41) is 18.4. The van der Waals surface area contributed by atoms with Gasteiger partial charge in [-0.2, -0.15) is 5.10 Å². The van der Waals surface area contributed by atoms with Crippen LogP contribution >= 0.6 is 0 Å². The molecule has 0 spiro atoms. The van der Waals surface area contributed by atoms with Gasteiger partial charge in [-0.1, -0.05) is 48.5 Å². The van der Waals surface area contributed by atoms with Crippen LogP contribution in [0, 0.1) is 6.92 Å². The number of carbonyl (C=O) groups is 2. The first-order valence-electron chi connectivity index (χ1n) is 8.42. The molecular weight excluding hydrogens is 342 g/mol. The maximum absolute atomic E-state index is 12.0. The number of carbonyl (C=O) groups excluding carboxylic acids is 2. The molecule has 3 rings (SSSR count). The van der Waals surface area contributed by atoms with Crippen LogP contribution in [-0.2, 0) is 9.59 Å². The van der Waals surface area contributed by atoms with Gasteiger partial charge in [0.2, 0.25) is 11.8 Å². The van der Waals surface area contributed by atoms with Gasteiger partial charge in [0.25, 0.3) is 0 Å². The third-order valence-electron chi connectivity index (χ3n) is 4.07. The molecule has 0 saturated carbocycles. The molecule has 0 unspecified atom stereocenters. The number of phenolic OH excluding ortho intramolecular Hbond substituents is 1. The van der Waals surface area contributed by atoms with E-state index in [4.69, 9.17) is 0 Å². The van der Waals surface area contributed by atoms with E-state index in [2.05, 4.69) is 15.8 Å². The van der Waals surface area contributed by atoms with E-state index < -0.39 is 11.8 Å². The van der Waals surface area contributed by atoms with Crippen LogP contribution in [-0.4, -0.2) is 23.1 Å². The standard InChI is InChI=1S/C21H19N3O3/c1-14-6-2-5-9-18(14)23-20(26)12-21(27)24-22-13-17-16-8-4-3-7-15(16)10-11-19(17)25/h2-11,13,25H,12H2,1H3,(H,23,26)(H,24,27). The van der Waals surface area contributed by atoms with Gasteiger partial charge in [-0.25, -0.2) is 5.43 Å². The van der Waals surface area contributed by atoms with Crippen molar-refractivity contribution >= 4 is 34.5 Å². The lowest BCUT2D eigenvalue weighted by atomic mass is 10.0. The Labute approximate surface area is 156 Å². The highest BCUT2D eigenvalue weighted by Crippen LogP contribution is 2.25. The molecule has 0 fully saturated rings. The van der Waals surface area contributed by atoms with Crippen LogP contribution in [0.4, 0.5) is 5.69 Å². The quantitative estimate of drug-likeness (QED) is 0.370. The van der Waals surface area contributed by atoms with E-state index in [1.165, 1.54) is 6.21 Å². The van der Waals surface area contributed by atoms with Gasteiger partial charge in [-0.05, 0) is 35.4 Å². The Morgan fingerprint density at radius 3 is 2.56 bits per heavy atom. The van der Waals surface area contributed by atoms with Gasteiger partial charge < -0.3 is 10.4 Å². The van der Waals surface area contributed by atoms with Crippen molar-refractivity contribution in [3.8, 4) is 5.75 Å². The van der Waals surface area contributed by atoms with E-state index in [1.807, 2.05) is 49.4 Å². The van der Waals surface area contributed by atoms with Crippen LogP contribution in [0.2, 0.25) is 0 Å². The van der Waals surface area contributed by atoms with Crippen molar-refractivity contribution in [2.24, 2.45) is 5.10 Å². The molecule has 6 heteroatoms. The predicted octanol–water partition coefficient (Wildman–Crippen LogP) is 3.33. The molecule has 3 aromatic rings. The van der Waals surface area contributed by atoms with Crippen molar-refractivity contribution in [1.29, 1.82) is 0 Å². The Morgan fingerprint density at radius 2 is 1.74 bits per heavy atom. The largest absolute Gasteiger partial charge is 0.507 e. The number of phenols is 1. The summed E-state index contributed by atoms with van der Waals surface area (Å²) in [5.74, 6) is -0.911. The summed E-state index contributed by atoms with van der Waals surface area (Å²) in [6.45, 7) is 1.87. The van der Waals surface area contributed by atoms with E-state index in [-0.39, 0.29) is 12.2 Å². The fourth-order valence-corrected chi connectivity index (χ4v) is 2.68. The number of amides is 2. The number of benzene rings is 3. The lowest BCUT2D eigenvalue weighted by Crippen LogP contribution is -2.24. The molecule has 0 aliphatic heterocycles. The van der Waals surface area contributed by atoms with Crippen LogP contribution in [0.15, 0.2) is 65.8 Å². The second-order valence-electron chi connectivity index (χ2n) is 6.05. The summed E-state index contributed by atoms with van der Waals surface area (Å²) in [7, 11) is 0. The number of rotatable bonds is 5. The van der Waals surface area contributed by atoms with Gasteiger partial charge in [0, 0.05) is 11.3 Å². The van der Waals surface area contributed by atoms with Crippen molar-refractivity contribution in [2.45, 2.75) is 13.3 Å². The number of fused-ring (bicyclic) bond motifs is 1. The zero-order valence-electron chi connectivity index (χ0n) is 14.8. The molecule has 3 aromatic carbocycles. The second kappa shape index (κ2) is 8.14. The maximum Gasteiger partial charge on any atom is 0.249 e. The highest BCUT2D eigenvalue weighted by Gasteiger charge is 2.10. The number of aromatic hydroxyl groups is 1. The summed E-state index contributed by atoms with van der Waals surface area (Å²) in [6, 6.07) is 18.2. The molecule has 136 valence electrons. The molecule has 0 heterocycles. The zero-order valence-corrected chi connectivity index (χ0v) is 14.8. The lowest BCUT2D eigenvalue weighted by Gasteiger charge is -2.07. The summed E-state index contributed by atoms with van der Waals surface area (Å²) in [4.78, 5) is 23.9. The average Bonchev–Trinajstić information content (AvgIpc) is 2.65. The topological polar surface area (TPSA) is 90.8 Å². The Balaban J connectivity index is 1.62. The van der Waals surface area contributed by atoms with Crippen molar-refractivity contribution in [2.75, 3.05) is 5.32 Å². The second-order valence-corrected chi connectivity index (χ2v) is 6.05. The Hall–Kier alpha value is -3.67. The molecule has 2 amide bonds. The van der Waals surface area contributed by atoms with Crippen molar-refractivity contribution < 1.29 is 14.7 Å². The predicted molar refractivity (Wildman–Crippen MR) is 106 cm³/mol. The van der Waals surface area contributed by atoms with E-state index in [0.29, 0.717) is 11.3 Å². The van der Waals surface area contributed by atoms with Crippen molar-refractivity contribution in [3.63, 3.8) is 0 Å². The Kier molecular flexibility index (Phi) is 5.47. The molecule has 0 saturated heterocycles. The monoisotopic (exact) mass is 361 g/mol. The molecule has 6 nitrogen and oxygen atoms in total. The molecule has 0 atom stereocenters. The number of aryl methyl sites for hydroxylation is 1. The number of para-hydroxylation sites is 1. The first kappa shape index (κ1) is 18.1. The summed E-state index contributed by atoms with van der Waals surface area (Å²) in [6.07, 6.45) is 1.02. The van der Waals surface area contributed by atoms with Crippen LogP contribution in [0.25, 0.3) is 10.8 Å². The summed E-state index contributed by atoms with van der Waals surface area (Å²) >= 11 is 0. The summed E-state index contributed by atoms with van der Waals surface area (Å²) in [5.41, 5.74) is 4.39. The number of nitrogens with one attached hydrogen (secondary N) is 2. The van der Waals surface area contributed by atoms with E-state index in [1.54, 1.807) is 18.2 Å². The number of hydrazone groups is 1. The van der Waals surface area contributed by atoms with E-state index in [9.17, 15) is 14.7 Å². The zero-order chi connectivity index (χ0) is 19.2. The highest BCUT2D eigenvalue weighted by atomic mass is 16.3. The van der Waals surface area contributed by atoms with E-state index in [0.717, 1.165) is 16.3 Å². The molecule has 0 aliphatic rings. The minimum atomic E-state index is -0.544. The van der Waals surface area contributed by atoms with Gasteiger partial charge in [0.15, 0.2) is 0 Å². The average molecular weight is 361 g/mol. The van der Waals surface area contributed by atoms with Gasteiger partial charge in [0.05, 0.1) is 6.21 Å². The molecule has 0 bridgehead atoms. The number of nitrogens with zero attached hydrogens (tertiary/aromatic N) is 1. The summed E-state index contributed by atoms with van der Waals surface area (Å²) < 4.78 is 0. The number of anilines is 1. The Bertz CT molecular complexity index is 1030. The SMILES string of the molecule is Cc1ccccc1NC(=O)CC(=O)NN=Cc1c(O)ccc2ccccc12. The van der Waals surface area contributed by atoms with Crippen molar-refractivity contribution in [3.05, 3.63) is 71.8 Å². The van der Waals surface area contributed by atoms with Crippen LogP contribution in [0.5, 0.6) is 5.75 Å². The first-order chi connectivity index (χ1) is 13.0. The lowest BCUT2D eigenvalue weighted by molar-refractivity contribution is -0.126. The maximum atomic E-state index is 12.0. The first-order valence-corrected chi connectivity index (χ1v) is 8.42. The van der Waals surface area contributed by atoms with Crippen LogP contribution in [0.3, 0.4) is 0 Å². The molecule has 0 aromatic heterocycles. The van der Waals surface area contributed by atoms with Gasteiger partial charge in [-0.3, -0.25) is 9.59 Å². The molecular formula is C21H19N3O3. The molecule has 0 radical (unpaired) electrons. The third kappa shape index (κ3) is 4.49. The molecule has 3 N–H and O–H groups in total. The van der Waals surface area contributed by atoms with E-state index >= 15 is 0 Å². The third-order valence-corrected chi connectivity index (χ3v) is 4.07. The van der Waals surface area contributed by atoms with Crippen LogP contribution < -0.4 is 10.7 Å². The molecule has 0 aliphatic carbocycles. The molecule has 27 heavy (non-hydrogen) atoms. The minimum absolute atomic E-state index is 0.0593. The van der Waals surface area contributed by atoms with Gasteiger partial charge >= 0.3 is 0 Å².